The molecule has 7 heteroatoms. The van der Waals surface area contributed by atoms with Gasteiger partial charge in [-0.3, -0.25) is 14.9 Å². The van der Waals surface area contributed by atoms with Gasteiger partial charge in [0.15, 0.2) is 5.76 Å². The van der Waals surface area contributed by atoms with Crippen molar-refractivity contribution in [3.63, 3.8) is 0 Å². The van der Waals surface area contributed by atoms with Gasteiger partial charge in [-0.2, -0.15) is 5.10 Å². The molecule has 0 saturated heterocycles. The fourth-order valence-corrected chi connectivity index (χ4v) is 1.64. The predicted molar refractivity (Wildman–Crippen MR) is 76.2 cm³/mol. The van der Waals surface area contributed by atoms with Crippen LogP contribution < -0.4 is 5.43 Å². The first-order valence-electron chi connectivity index (χ1n) is 6.13. The van der Waals surface area contributed by atoms with Crippen LogP contribution in [0, 0.1) is 17.0 Å². The number of benzene rings is 1. The maximum Gasteiger partial charge on any atom is 0.307 e. The van der Waals surface area contributed by atoms with Gasteiger partial charge >= 0.3 is 5.91 Å². The van der Waals surface area contributed by atoms with E-state index >= 15 is 0 Å². The summed E-state index contributed by atoms with van der Waals surface area (Å²) in [6.45, 7) is 3.43. The quantitative estimate of drug-likeness (QED) is 0.531. The number of amides is 1. The average molecular weight is 287 g/mol. The van der Waals surface area contributed by atoms with Gasteiger partial charge in [0.1, 0.15) is 5.76 Å². The third-order valence-electron chi connectivity index (χ3n) is 2.79. The number of nitro benzene ring substituents is 1. The number of hydrogen-bond acceptors (Lipinski definition) is 5. The maximum absolute atomic E-state index is 11.7. The molecule has 0 spiro atoms. The van der Waals surface area contributed by atoms with E-state index in [-0.39, 0.29) is 11.4 Å². The third kappa shape index (κ3) is 3.53. The maximum atomic E-state index is 11.7. The van der Waals surface area contributed by atoms with Crippen LogP contribution in [0.1, 0.15) is 28.8 Å². The van der Waals surface area contributed by atoms with Crippen LogP contribution in [0.3, 0.4) is 0 Å². The Labute approximate surface area is 120 Å². The molecule has 1 heterocycles. The molecule has 108 valence electrons. The minimum atomic E-state index is -0.475. The molecule has 0 atom stereocenters. The minimum Gasteiger partial charge on any atom is -0.456 e. The van der Waals surface area contributed by atoms with Crippen LogP contribution >= 0.6 is 0 Å². The first-order valence-corrected chi connectivity index (χ1v) is 6.13. The van der Waals surface area contributed by atoms with Crippen molar-refractivity contribution in [2.75, 3.05) is 0 Å². The second-order valence-electron chi connectivity index (χ2n) is 4.35. The highest BCUT2D eigenvalue weighted by Crippen LogP contribution is 2.12. The van der Waals surface area contributed by atoms with Crippen molar-refractivity contribution < 1.29 is 14.1 Å². The zero-order valence-electron chi connectivity index (χ0n) is 11.5. The number of carbonyl (C=O) groups excluding carboxylic acids is 1. The van der Waals surface area contributed by atoms with Crippen molar-refractivity contribution in [3.05, 3.63) is 63.6 Å². The Morgan fingerprint density at radius 3 is 2.43 bits per heavy atom. The highest BCUT2D eigenvalue weighted by atomic mass is 16.6. The van der Waals surface area contributed by atoms with Crippen molar-refractivity contribution in [1.29, 1.82) is 0 Å². The molecule has 0 aliphatic carbocycles. The number of furan rings is 1. The molecular formula is C14H13N3O4. The number of carbonyl (C=O) groups is 1. The number of nitrogens with zero attached hydrogens (tertiary/aromatic N) is 2. The highest BCUT2D eigenvalue weighted by molar-refractivity contribution is 6.00. The Bertz CT molecular complexity index is 701. The molecule has 2 aromatic rings. The lowest BCUT2D eigenvalue weighted by Gasteiger charge is -2.01. The highest BCUT2D eigenvalue weighted by Gasteiger charge is 2.09. The molecule has 1 amide bonds. The van der Waals surface area contributed by atoms with Gasteiger partial charge in [-0.05, 0) is 43.7 Å². The van der Waals surface area contributed by atoms with Crippen LogP contribution in [-0.4, -0.2) is 16.5 Å². The summed E-state index contributed by atoms with van der Waals surface area (Å²) < 4.78 is 5.17. The molecule has 0 unspecified atom stereocenters. The Morgan fingerprint density at radius 1 is 1.24 bits per heavy atom. The first kappa shape index (κ1) is 14.4. The standard InChI is InChI=1S/C14H13N3O4/c1-9-3-8-13(21-9)14(18)16-15-10(2)11-4-6-12(7-5-11)17(19)20/h3-8H,1-2H3,(H,16,18). The number of rotatable bonds is 4. The van der Waals surface area contributed by atoms with Gasteiger partial charge in [-0.15, -0.1) is 0 Å². The SMILES string of the molecule is CC(=NNC(=O)c1ccc(C)o1)c1ccc([N+](=O)[O-])cc1. The molecule has 0 fully saturated rings. The van der Waals surface area contributed by atoms with Crippen LogP contribution in [0.4, 0.5) is 5.69 Å². The van der Waals surface area contributed by atoms with Gasteiger partial charge in [0, 0.05) is 12.1 Å². The van der Waals surface area contributed by atoms with Gasteiger partial charge in [-0.1, -0.05) is 0 Å². The monoisotopic (exact) mass is 287 g/mol. The lowest BCUT2D eigenvalue weighted by Crippen LogP contribution is -2.18. The largest absolute Gasteiger partial charge is 0.456 e. The molecule has 0 radical (unpaired) electrons. The number of nitrogens with one attached hydrogen (secondary N) is 1. The molecule has 1 aromatic carbocycles. The van der Waals surface area contributed by atoms with Crippen molar-refractivity contribution >= 4 is 17.3 Å². The van der Waals surface area contributed by atoms with Crippen LogP contribution in [-0.2, 0) is 0 Å². The number of hydrazone groups is 1. The predicted octanol–water partition coefficient (Wildman–Crippen LogP) is 2.65. The van der Waals surface area contributed by atoms with E-state index in [1.165, 1.54) is 12.1 Å². The Hall–Kier alpha value is -2.96. The molecule has 0 bridgehead atoms. The Balaban J connectivity index is 2.07. The van der Waals surface area contributed by atoms with Crippen molar-refractivity contribution in [2.24, 2.45) is 5.10 Å². The number of non-ortho nitro benzene ring substituents is 1. The summed E-state index contributed by atoms with van der Waals surface area (Å²) in [6.07, 6.45) is 0. The second-order valence-corrected chi connectivity index (χ2v) is 4.35. The third-order valence-corrected chi connectivity index (χ3v) is 2.79. The molecule has 1 N–H and O–H groups in total. The summed E-state index contributed by atoms with van der Waals surface area (Å²) in [5.41, 5.74) is 3.58. The normalized spacial score (nSPS) is 11.2. The van der Waals surface area contributed by atoms with E-state index in [0.29, 0.717) is 17.0 Å². The molecular weight excluding hydrogens is 274 g/mol. The number of aryl methyl sites for hydroxylation is 1. The van der Waals surface area contributed by atoms with Crippen molar-refractivity contribution in [3.8, 4) is 0 Å². The van der Waals surface area contributed by atoms with Gasteiger partial charge in [0.05, 0.1) is 10.6 Å². The summed E-state index contributed by atoms with van der Waals surface area (Å²) in [6, 6.07) is 9.14. The summed E-state index contributed by atoms with van der Waals surface area (Å²) in [7, 11) is 0. The summed E-state index contributed by atoms with van der Waals surface area (Å²) in [4.78, 5) is 21.8. The van der Waals surface area contributed by atoms with E-state index in [1.807, 2.05) is 0 Å². The minimum absolute atomic E-state index is 0.00152. The number of nitro groups is 1. The molecule has 1 aromatic heterocycles. The van der Waals surface area contributed by atoms with E-state index < -0.39 is 10.8 Å². The van der Waals surface area contributed by atoms with E-state index in [1.54, 1.807) is 38.1 Å². The van der Waals surface area contributed by atoms with Crippen LogP contribution in [0.2, 0.25) is 0 Å². The molecule has 0 aliphatic rings. The van der Waals surface area contributed by atoms with Crippen LogP contribution in [0.25, 0.3) is 0 Å². The second kappa shape index (κ2) is 6.00. The van der Waals surface area contributed by atoms with E-state index in [2.05, 4.69) is 10.5 Å². The van der Waals surface area contributed by atoms with Gasteiger partial charge in [-0.25, -0.2) is 5.43 Å². The molecule has 2 rings (SSSR count). The van der Waals surface area contributed by atoms with E-state index in [4.69, 9.17) is 4.42 Å². The van der Waals surface area contributed by atoms with Gasteiger partial charge in [0.2, 0.25) is 0 Å². The lowest BCUT2D eigenvalue weighted by atomic mass is 10.1. The lowest BCUT2D eigenvalue weighted by molar-refractivity contribution is -0.384. The molecule has 0 saturated carbocycles. The fraction of sp³-hybridized carbons (Fsp3) is 0.143. The molecule has 21 heavy (non-hydrogen) atoms. The summed E-state index contributed by atoms with van der Waals surface area (Å²) in [5, 5.41) is 14.5. The Kier molecular flexibility index (Phi) is 4.13. The van der Waals surface area contributed by atoms with E-state index in [9.17, 15) is 14.9 Å². The smallest absolute Gasteiger partial charge is 0.307 e. The van der Waals surface area contributed by atoms with Crippen molar-refractivity contribution in [1.82, 2.24) is 5.43 Å². The molecule has 7 nitrogen and oxygen atoms in total. The summed E-state index contributed by atoms with van der Waals surface area (Å²) in [5.74, 6) is 0.355. The van der Waals surface area contributed by atoms with Gasteiger partial charge in [0.25, 0.3) is 5.69 Å². The number of hydrogen-bond donors (Lipinski definition) is 1. The molecule has 0 aliphatic heterocycles. The van der Waals surface area contributed by atoms with Crippen LogP contribution in [0.5, 0.6) is 0 Å². The fourth-order valence-electron chi connectivity index (χ4n) is 1.64. The van der Waals surface area contributed by atoms with E-state index in [0.717, 1.165) is 0 Å². The zero-order chi connectivity index (χ0) is 15.4. The Morgan fingerprint density at radius 2 is 1.90 bits per heavy atom. The van der Waals surface area contributed by atoms with Crippen molar-refractivity contribution in [2.45, 2.75) is 13.8 Å². The van der Waals surface area contributed by atoms with Gasteiger partial charge < -0.3 is 4.42 Å². The topological polar surface area (TPSA) is 97.7 Å². The first-order chi connectivity index (χ1) is 9.97. The zero-order valence-corrected chi connectivity index (χ0v) is 11.5. The summed E-state index contributed by atoms with van der Waals surface area (Å²) >= 11 is 0. The van der Waals surface area contributed by atoms with Crippen LogP contribution in [0.15, 0.2) is 45.9 Å². The average Bonchev–Trinajstić information content (AvgIpc) is 2.91.